The van der Waals surface area contributed by atoms with E-state index in [0.29, 0.717) is 0 Å². The fourth-order valence-electron chi connectivity index (χ4n) is 1.81. The molecule has 78 valence electrons. The number of aliphatic hydroxyl groups is 1. The number of thiophene rings is 1. The summed E-state index contributed by atoms with van der Waals surface area (Å²) in [6.07, 6.45) is 0.841. The molecule has 0 atom stereocenters. The molecule has 1 aromatic rings. The summed E-state index contributed by atoms with van der Waals surface area (Å²) < 4.78 is 0.839. The van der Waals surface area contributed by atoms with E-state index >= 15 is 0 Å². The van der Waals surface area contributed by atoms with Crippen LogP contribution in [0, 0.1) is 0 Å². The Morgan fingerprint density at radius 1 is 1.64 bits per heavy atom. The highest BCUT2D eigenvalue weighted by Crippen LogP contribution is 2.27. The Bertz CT molecular complexity index is 320. The Labute approximate surface area is 93.1 Å². The van der Waals surface area contributed by atoms with E-state index in [1.54, 1.807) is 11.3 Å². The minimum Gasteiger partial charge on any atom is -0.387 e. The molecular weight excluding hydrogens is 218 g/mol. The van der Waals surface area contributed by atoms with Gasteiger partial charge < -0.3 is 5.11 Å². The van der Waals surface area contributed by atoms with Crippen LogP contribution in [0.1, 0.15) is 18.9 Å². The number of hydrogen-bond donors (Lipinski definition) is 1. The van der Waals surface area contributed by atoms with Crippen LogP contribution in [0.15, 0.2) is 11.4 Å². The molecule has 1 aliphatic heterocycles. The summed E-state index contributed by atoms with van der Waals surface area (Å²) in [4.78, 5) is 2.24. The highest BCUT2D eigenvalue weighted by atomic mass is 35.5. The van der Waals surface area contributed by atoms with Gasteiger partial charge in [-0.1, -0.05) is 18.5 Å². The molecule has 1 fully saturated rings. The van der Waals surface area contributed by atoms with E-state index in [9.17, 15) is 5.11 Å². The molecule has 1 saturated heterocycles. The van der Waals surface area contributed by atoms with Crippen LogP contribution >= 0.6 is 22.9 Å². The fourth-order valence-corrected chi connectivity index (χ4v) is 2.71. The van der Waals surface area contributed by atoms with Crippen LogP contribution < -0.4 is 0 Å². The molecule has 0 spiro atoms. The van der Waals surface area contributed by atoms with Gasteiger partial charge in [-0.15, -0.1) is 11.3 Å². The van der Waals surface area contributed by atoms with Crippen molar-refractivity contribution < 1.29 is 5.11 Å². The first-order valence-electron chi connectivity index (χ1n) is 4.79. The molecule has 14 heavy (non-hydrogen) atoms. The van der Waals surface area contributed by atoms with Crippen molar-refractivity contribution in [3.05, 3.63) is 21.3 Å². The molecule has 4 heteroatoms. The molecule has 2 rings (SSSR count). The van der Waals surface area contributed by atoms with Crippen molar-refractivity contribution in [3.8, 4) is 0 Å². The third-order valence-corrected chi connectivity index (χ3v) is 3.86. The van der Waals surface area contributed by atoms with Gasteiger partial charge in [-0.05, 0) is 23.4 Å². The lowest BCUT2D eigenvalue weighted by molar-refractivity contribution is -0.103. The maximum absolute atomic E-state index is 9.81. The molecule has 0 aromatic carbocycles. The standard InChI is InChI=1S/C10H14ClNOS/c1-2-10(13)6-12(7-10)4-8-3-9(11)14-5-8/h3,5,13H,2,4,6-7H2,1H3. The summed E-state index contributed by atoms with van der Waals surface area (Å²) in [5, 5.41) is 11.9. The van der Waals surface area contributed by atoms with Crippen LogP contribution in [0.3, 0.4) is 0 Å². The van der Waals surface area contributed by atoms with Crippen molar-refractivity contribution in [1.82, 2.24) is 4.90 Å². The summed E-state index contributed by atoms with van der Waals surface area (Å²) in [5.74, 6) is 0. The summed E-state index contributed by atoms with van der Waals surface area (Å²) in [6, 6.07) is 2.00. The van der Waals surface area contributed by atoms with Crippen molar-refractivity contribution in [3.63, 3.8) is 0 Å². The fraction of sp³-hybridized carbons (Fsp3) is 0.600. The lowest BCUT2D eigenvalue weighted by atomic mass is 9.91. The number of hydrogen-bond acceptors (Lipinski definition) is 3. The monoisotopic (exact) mass is 231 g/mol. The Morgan fingerprint density at radius 2 is 2.36 bits per heavy atom. The average Bonchev–Trinajstić information content (AvgIpc) is 2.48. The van der Waals surface area contributed by atoms with Crippen molar-refractivity contribution in [2.75, 3.05) is 13.1 Å². The molecule has 0 unspecified atom stereocenters. The first-order chi connectivity index (χ1) is 6.61. The zero-order chi connectivity index (χ0) is 10.2. The summed E-state index contributed by atoms with van der Waals surface area (Å²) in [5.41, 5.74) is 0.818. The van der Waals surface area contributed by atoms with Gasteiger partial charge in [0.15, 0.2) is 0 Å². The van der Waals surface area contributed by atoms with Crippen molar-refractivity contribution in [1.29, 1.82) is 0 Å². The van der Waals surface area contributed by atoms with E-state index in [1.807, 2.05) is 13.0 Å². The third-order valence-electron chi connectivity index (χ3n) is 2.72. The van der Waals surface area contributed by atoms with Crippen LogP contribution in [0.2, 0.25) is 4.34 Å². The van der Waals surface area contributed by atoms with Crippen molar-refractivity contribution in [2.24, 2.45) is 0 Å². The van der Waals surface area contributed by atoms with Gasteiger partial charge in [0.1, 0.15) is 0 Å². The van der Waals surface area contributed by atoms with Gasteiger partial charge in [0.25, 0.3) is 0 Å². The van der Waals surface area contributed by atoms with Crippen molar-refractivity contribution >= 4 is 22.9 Å². The highest BCUT2D eigenvalue weighted by molar-refractivity contribution is 7.14. The zero-order valence-corrected chi connectivity index (χ0v) is 9.74. The SMILES string of the molecule is CCC1(O)CN(Cc2csc(Cl)c2)C1. The van der Waals surface area contributed by atoms with Gasteiger partial charge in [0.05, 0.1) is 9.94 Å². The second kappa shape index (κ2) is 3.81. The molecule has 0 amide bonds. The number of β-amino-alcohol motifs (C(OH)–C–C–N with tert-alkyl or cyclic N) is 1. The molecule has 0 aliphatic carbocycles. The molecule has 0 radical (unpaired) electrons. The van der Waals surface area contributed by atoms with Crippen LogP contribution in [0.5, 0.6) is 0 Å². The molecule has 1 N–H and O–H groups in total. The van der Waals surface area contributed by atoms with Crippen LogP contribution in [0.25, 0.3) is 0 Å². The quantitative estimate of drug-likeness (QED) is 0.864. The van der Waals surface area contributed by atoms with E-state index in [1.165, 1.54) is 5.56 Å². The minimum absolute atomic E-state index is 0.431. The lowest BCUT2D eigenvalue weighted by Gasteiger charge is -2.46. The maximum atomic E-state index is 9.81. The second-order valence-corrected chi connectivity index (χ2v) is 5.52. The second-order valence-electron chi connectivity index (χ2n) is 3.98. The summed E-state index contributed by atoms with van der Waals surface area (Å²) in [6.45, 7) is 4.51. The predicted octanol–water partition coefficient (Wildman–Crippen LogP) is 2.36. The lowest BCUT2D eigenvalue weighted by Crippen LogP contribution is -2.60. The maximum Gasteiger partial charge on any atom is 0.0931 e. The summed E-state index contributed by atoms with van der Waals surface area (Å²) in [7, 11) is 0. The normalized spacial score (nSPS) is 20.8. The number of likely N-dealkylation sites (tertiary alicyclic amines) is 1. The van der Waals surface area contributed by atoms with Gasteiger partial charge in [0.2, 0.25) is 0 Å². The molecule has 1 aliphatic rings. The van der Waals surface area contributed by atoms with Crippen molar-refractivity contribution in [2.45, 2.75) is 25.5 Å². The van der Waals surface area contributed by atoms with Gasteiger partial charge in [-0.3, -0.25) is 4.90 Å². The van der Waals surface area contributed by atoms with E-state index in [0.717, 1.165) is 30.4 Å². The minimum atomic E-state index is -0.431. The van der Waals surface area contributed by atoms with E-state index in [-0.39, 0.29) is 0 Å². The first-order valence-corrected chi connectivity index (χ1v) is 6.05. The molecule has 0 bridgehead atoms. The van der Waals surface area contributed by atoms with Crippen LogP contribution in [-0.2, 0) is 6.54 Å². The molecule has 2 heterocycles. The Morgan fingerprint density at radius 3 is 2.86 bits per heavy atom. The first kappa shape index (κ1) is 10.4. The molecule has 2 nitrogen and oxygen atoms in total. The Balaban J connectivity index is 1.85. The molecule has 0 saturated carbocycles. The Kier molecular flexibility index (Phi) is 2.84. The smallest absolute Gasteiger partial charge is 0.0931 e. The number of nitrogens with zero attached hydrogens (tertiary/aromatic N) is 1. The van der Waals surface area contributed by atoms with Gasteiger partial charge >= 0.3 is 0 Å². The predicted molar refractivity (Wildman–Crippen MR) is 59.8 cm³/mol. The highest BCUT2D eigenvalue weighted by Gasteiger charge is 2.38. The van der Waals surface area contributed by atoms with Crippen LogP contribution in [0.4, 0.5) is 0 Å². The largest absolute Gasteiger partial charge is 0.387 e. The van der Waals surface area contributed by atoms with E-state index in [4.69, 9.17) is 11.6 Å². The van der Waals surface area contributed by atoms with Gasteiger partial charge in [0, 0.05) is 19.6 Å². The number of rotatable bonds is 3. The zero-order valence-electron chi connectivity index (χ0n) is 8.16. The van der Waals surface area contributed by atoms with Crippen LogP contribution in [-0.4, -0.2) is 28.7 Å². The van der Waals surface area contributed by atoms with Gasteiger partial charge in [-0.25, -0.2) is 0 Å². The summed E-state index contributed by atoms with van der Waals surface area (Å²) >= 11 is 7.40. The third kappa shape index (κ3) is 2.11. The van der Waals surface area contributed by atoms with Gasteiger partial charge in [-0.2, -0.15) is 0 Å². The topological polar surface area (TPSA) is 23.5 Å². The molecular formula is C10H14ClNOS. The average molecular weight is 232 g/mol. The number of halogens is 1. The molecule has 1 aromatic heterocycles. The van der Waals surface area contributed by atoms with E-state index in [2.05, 4.69) is 10.3 Å². The van der Waals surface area contributed by atoms with E-state index < -0.39 is 5.60 Å². The Hall–Kier alpha value is -0.0900.